The highest BCUT2D eigenvalue weighted by Crippen LogP contribution is 2.17. The minimum atomic E-state index is 0.599. The van der Waals surface area contributed by atoms with Gasteiger partial charge in [0.25, 0.3) is 0 Å². The molecule has 0 saturated carbocycles. The van der Waals surface area contributed by atoms with Gasteiger partial charge in [-0.25, -0.2) is 0 Å². The summed E-state index contributed by atoms with van der Waals surface area (Å²) in [6.07, 6.45) is 13.1. The van der Waals surface area contributed by atoms with Gasteiger partial charge < -0.3 is 0 Å². The molecular weight excluding hydrogens is 168 g/mol. The van der Waals surface area contributed by atoms with Crippen molar-refractivity contribution in [3.63, 3.8) is 0 Å². The quantitative estimate of drug-likeness (QED) is 0.607. The number of hydrogen-bond acceptors (Lipinski definition) is 0. The third kappa shape index (κ3) is 3.02. The molecule has 0 saturated heterocycles. The van der Waals surface area contributed by atoms with Crippen molar-refractivity contribution in [1.29, 1.82) is 0 Å². The fourth-order valence-electron chi connectivity index (χ4n) is 1.41. The Bertz CT molecular complexity index is 264. The first-order valence-electron chi connectivity index (χ1n) is 5.37. The predicted molar refractivity (Wildman–Crippen MR) is 64.1 cm³/mol. The topological polar surface area (TPSA) is 0 Å². The summed E-state index contributed by atoms with van der Waals surface area (Å²) in [5.41, 5.74) is 2.79. The van der Waals surface area contributed by atoms with Gasteiger partial charge in [0.05, 0.1) is 0 Å². The average molecular weight is 188 g/mol. The molecule has 0 N–H and O–H groups in total. The molecule has 0 atom stereocenters. The standard InChI is InChI=1S/C14H20/c1-11(2)13-7-5-6-8-14(10-9-13)12(3)4/h5-12H,1-4H3/b6-5?,7-5-,8-6-,10-9?,13-7?,13-9+,14-8?,14-10+. The smallest absolute Gasteiger partial charge is 0.0219 e. The van der Waals surface area contributed by atoms with Gasteiger partial charge in [-0.2, -0.15) is 0 Å². The monoisotopic (exact) mass is 188 g/mol. The van der Waals surface area contributed by atoms with Crippen LogP contribution in [0.4, 0.5) is 0 Å². The van der Waals surface area contributed by atoms with Gasteiger partial charge in [-0.3, -0.25) is 0 Å². The summed E-state index contributed by atoms with van der Waals surface area (Å²) in [5.74, 6) is 1.20. The molecule has 0 radical (unpaired) electrons. The molecule has 1 aliphatic rings. The van der Waals surface area contributed by atoms with Crippen molar-refractivity contribution in [1.82, 2.24) is 0 Å². The Labute approximate surface area is 87.7 Å². The van der Waals surface area contributed by atoms with Gasteiger partial charge in [-0.1, -0.05) is 64.2 Å². The summed E-state index contributed by atoms with van der Waals surface area (Å²) < 4.78 is 0. The van der Waals surface area contributed by atoms with Crippen LogP contribution in [0.1, 0.15) is 27.7 Å². The van der Waals surface area contributed by atoms with Crippen LogP contribution in [-0.2, 0) is 0 Å². The molecule has 14 heavy (non-hydrogen) atoms. The van der Waals surface area contributed by atoms with Crippen molar-refractivity contribution in [3.8, 4) is 0 Å². The first kappa shape index (κ1) is 11.0. The summed E-state index contributed by atoms with van der Waals surface area (Å²) in [7, 11) is 0. The molecule has 0 amide bonds. The van der Waals surface area contributed by atoms with Crippen molar-refractivity contribution in [2.45, 2.75) is 27.7 Å². The molecule has 0 nitrogen and oxygen atoms in total. The van der Waals surface area contributed by atoms with E-state index in [1.165, 1.54) is 11.1 Å². The minimum absolute atomic E-state index is 0.599. The Balaban J connectivity index is 2.94. The van der Waals surface area contributed by atoms with Crippen LogP contribution >= 0.6 is 0 Å². The van der Waals surface area contributed by atoms with Crippen molar-refractivity contribution >= 4 is 0 Å². The van der Waals surface area contributed by atoms with Crippen LogP contribution < -0.4 is 0 Å². The van der Waals surface area contributed by atoms with Crippen LogP contribution in [-0.4, -0.2) is 0 Å². The minimum Gasteiger partial charge on any atom is -0.0620 e. The van der Waals surface area contributed by atoms with Gasteiger partial charge in [0.15, 0.2) is 0 Å². The van der Waals surface area contributed by atoms with Crippen LogP contribution in [0.2, 0.25) is 0 Å². The van der Waals surface area contributed by atoms with E-state index in [1.54, 1.807) is 0 Å². The highest BCUT2D eigenvalue weighted by Gasteiger charge is 2.01. The van der Waals surface area contributed by atoms with Gasteiger partial charge in [-0.05, 0) is 23.0 Å². The van der Waals surface area contributed by atoms with Crippen LogP contribution in [0.15, 0.2) is 47.6 Å². The number of hydrogen-bond donors (Lipinski definition) is 0. The van der Waals surface area contributed by atoms with Crippen LogP contribution in [0.3, 0.4) is 0 Å². The molecule has 0 spiro atoms. The van der Waals surface area contributed by atoms with Gasteiger partial charge in [0, 0.05) is 0 Å². The Hall–Kier alpha value is -1.04. The number of rotatable bonds is 2. The fourth-order valence-corrected chi connectivity index (χ4v) is 1.41. The lowest BCUT2D eigenvalue weighted by molar-refractivity contribution is 0.781. The maximum Gasteiger partial charge on any atom is -0.0219 e. The molecule has 0 aromatic heterocycles. The zero-order valence-corrected chi connectivity index (χ0v) is 9.62. The maximum atomic E-state index is 2.24. The second-order valence-corrected chi connectivity index (χ2v) is 4.36. The second kappa shape index (κ2) is 4.99. The van der Waals surface area contributed by atoms with E-state index in [1.807, 2.05) is 0 Å². The summed E-state index contributed by atoms with van der Waals surface area (Å²) in [5, 5.41) is 0. The molecule has 0 aromatic rings. The van der Waals surface area contributed by atoms with Crippen LogP contribution in [0.25, 0.3) is 0 Å². The van der Waals surface area contributed by atoms with Crippen LogP contribution in [0.5, 0.6) is 0 Å². The normalized spacial score (nSPS) is 28.7. The van der Waals surface area contributed by atoms with Crippen molar-refractivity contribution < 1.29 is 0 Å². The summed E-state index contributed by atoms with van der Waals surface area (Å²) >= 11 is 0. The molecule has 1 aliphatic carbocycles. The van der Waals surface area contributed by atoms with Gasteiger partial charge in [0.2, 0.25) is 0 Å². The predicted octanol–water partition coefficient (Wildman–Crippen LogP) is 4.28. The average Bonchev–Trinajstić information content (AvgIpc) is 2.01. The third-order valence-electron chi connectivity index (χ3n) is 2.49. The van der Waals surface area contributed by atoms with Crippen molar-refractivity contribution in [2.75, 3.05) is 0 Å². The third-order valence-corrected chi connectivity index (χ3v) is 2.49. The molecule has 0 heteroatoms. The van der Waals surface area contributed by atoms with Gasteiger partial charge in [0.1, 0.15) is 0 Å². The molecule has 76 valence electrons. The van der Waals surface area contributed by atoms with E-state index < -0.39 is 0 Å². The van der Waals surface area contributed by atoms with E-state index in [9.17, 15) is 0 Å². The molecule has 0 aromatic carbocycles. The van der Waals surface area contributed by atoms with Crippen LogP contribution in [0, 0.1) is 11.8 Å². The Morgan fingerprint density at radius 1 is 0.714 bits per heavy atom. The lowest BCUT2D eigenvalue weighted by atomic mass is 9.96. The molecule has 0 bridgehead atoms. The SMILES string of the molecule is CC(C)C1=C/C=C(C(C)C)\C=C/C=C\1. The molecule has 1 rings (SSSR count). The maximum absolute atomic E-state index is 2.24. The van der Waals surface area contributed by atoms with E-state index in [0.717, 1.165) is 0 Å². The van der Waals surface area contributed by atoms with E-state index in [0.29, 0.717) is 11.8 Å². The van der Waals surface area contributed by atoms with E-state index in [-0.39, 0.29) is 0 Å². The lowest BCUT2D eigenvalue weighted by Crippen LogP contribution is -1.94. The molecule has 0 unspecified atom stereocenters. The molecule has 0 aliphatic heterocycles. The Kier molecular flexibility index (Phi) is 3.94. The Morgan fingerprint density at radius 3 is 1.36 bits per heavy atom. The summed E-state index contributed by atoms with van der Waals surface area (Å²) in [6, 6.07) is 0. The van der Waals surface area contributed by atoms with Gasteiger partial charge >= 0.3 is 0 Å². The van der Waals surface area contributed by atoms with E-state index in [4.69, 9.17) is 0 Å². The summed E-state index contributed by atoms with van der Waals surface area (Å²) in [4.78, 5) is 0. The summed E-state index contributed by atoms with van der Waals surface area (Å²) in [6.45, 7) is 8.91. The van der Waals surface area contributed by atoms with E-state index in [2.05, 4.69) is 64.2 Å². The molecular formula is C14H20. The zero-order valence-electron chi connectivity index (χ0n) is 9.62. The zero-order chi connectivity index (χ0) is 10.6. The Morgan fingerprint density at radius 2 is 1.07 bits per heavy atom. The molecule has 0 fully saturated rings. The number of allylic oxidation sites excluding steroid dienone is 8. The largest absolute Gasteiger partial charge is 0.0620 e. The lowest BCUT2D eigenvalue weighted by Gasteiger charge is -2.09. The second-order valence-electron chi connectivity index (χ2n) is 4.36. The molecule has 0 heterocycles. The van der Waals surface area contributed by atoms with Crippen molar-refractivity contribution in [3.05, 3.63) is 47.6 Å². The van der Waals surface area contributed by atoms with Gasteiger partial charge in [-0.15, -0.1) is 0 Å². The first-order chi connectivity index (χ1) is 6.61. The first-order valence-corrected chi connectivity index (χ1v) is 5.37. The van der Waals surface area contributed by atoms with E-state index >= 15 is 0 Å². The highest BCUT2D eigenvalue weighted by atomic mass is 14.1. The highest BCUT2D eigenvalue weighted by molar-refractivity contribution is 5.36. The fraction of sp³-hybridized carbons (Fsp3) is 0.429. The van der Waals surface area contributed by atoms with Crippen molar-refractivity contribution in [2.24, 2.45) is 11.8 Å².